The Labute approximate surface area is 119 Å². The highest BCUT2D eigenvalue weighted by molar-refractivity contribution is 7.12. The Morgan fingerprint density at radius 3 is 2.74 bits per heavy atom. The van der Waals surface area contributed by atoms with Crippen LogP contribution in [0.2, 0.25) is 0 Å². The van der Waals surface area contributed by atoms with E-state index < -0.39 is 0 Å². The van der Waals surface area contributed by atoms with E-state index in [9.17, 15) is 0 Å². The van der Waals surface area contributed by atoms with Crippen LogP contribution in [-0.2, 0) is 19.4 Å². The fraction of sp³-hybridized carbons (Fsp3) is 0.412. The highest BCUT2D eigenvalue weighted by Gasteiger charge is 2.17. The highest BCUT2D eigenvalue weighted by Crippen LogP contribution is 2.23. The molecule has 0 fully saturated rings. The van der Waals surface area contributed by atoms with Crippen molar-refractivity contribution in [2.75, 3.05) is 0 Å². The Bertz CT molecular complexity index is 570. The van der Waals surface area contributed by atoms with Gasteiger partial charge in [0.05, 0.1) is 0 Å². The van der Waals surface area contributed by atoms with E-state index in [-0.39, 0.29) is 0 Å². The molecule has 0 bridgehead atoms. The fourth-order valence-corrected chi connectivity index (χ4v) is 3.93. The Morgan fingerprint density at radius 2 is 2.00 bits per heavy atom. The number of aryl methyl sites for hydroxylation is 3. The van der Waals surface area contributed by atoms with Crippen molar-refractivity contribution < 1.29 is 0 Å². The Balaban J connectivity index is 1.62. The number of benzene rings is 1. The first-order valence-corrected chi connectivity index (χ1v) is 7.90. The molecular formula is C17H21NS. The van der Waals surface area contributed by atoms with Crippen molar-refractivity contribution in [3.05, 3.63) is 56.8 Å². The fourth-order valence-electron chi connectivity index (χ4n) is 2.99. The zero-order valence-electron chi connectivity index (χ0n) is 11.7. The van der Waals surface area contributed by atoms with Gasteiger partial charge < -0.3 is 5.32 Å². The molecule has 1 aromatic heterocycles. The van der Waals surface area contributed by atoms with Crippen LogP contribution in [-0.4, -0.2) is 6.04 Å². The lowest BCUT2D eigenvalue weighted by Gasteiger charge is -2.25. The quantitative estimate of drug-likeness (QED) is 0.889. The van der Waals surface area contributed by atoms with Crippen molar-refractivity contribution >= 4 is 11.3 Å². The first-order chi connectivity index (χ1) is 9.22. The van der Waals surface area contributed by atoms with Gasteiger partial charge in [0.1, 0.15) is 0 Å². The highest BCUT2D eigenvalue weighted by atomic mass is 32.1. The monoisotopic (exact) mass is 271 g/mol. The number of thiophene rings is 1. The van der Waals surface area contributed by atoms with Gasteiger partial charge in [-0.25, -0.2) is 0 Å². The van der Waals surface area contributed by atoms with E-state index in [4.69, 9.17) is 0 Å². The molecule has 1 aliphatic rings. The second kappa shape index (κ2) is 5.48. The molecule has 19 heavy (non-hydrogen) atoms. The minimum absolute atomic E-state index is 0.634. The molecule has 0 amide bonds. The van der Waals surface area contributed by atoms with Crippen molar-refractivity contribution in [3.63, 3.8) is 0 Å². The number of nitrogens with one attached hydrogen (secondary N) is 1. The van der Waals surface area contributed by atoms with Crippen LogP contribution in [0.4, 0.5) is 0 Å². The maximum Gasteiger partial charge on any atom is 0.0219 e. The van der Waals surface area contributed by atoms with Crippen LogP contribution in [0.5, 0.6) is 0 Å². The van der Waals surface area contributed by atoms with Gasteiger partial charge in [0.2, 0.25) is 0 Å². The molecule has 0 saturated heterocycles. The van der Waals surface area contributed by atoms with Crippen LogP contribution in [0.15, 0.2) is 30.3 Å². The summed E-state index contributed by atoms with van der Waals surface area (Å²) in [7, 11) is 0. The Morgan fingerprint density at radius 1 is 1.21 bits per heavy atom. The molecule has 2 aromatic rings. The normalized spacial score (nSPS) is 18.3. The maximum atomic E-state index is 3.74. The lowest BCUT2D eigenvalue weighted by atomic mass is 9.88. The van der Waals surface area contributed by atoms with Crippen LogP contribution in [0.1, 0.15) is 32.9 Å². The maximum absolute atomic E-state index is 3.74. The number of hydrogen-bond acceptors (Lipinski definition) is 2. The van der Waals surface area contributed by atoms with Gasteiger partial charge in [0.25, 0.3) is 0 Å². The van der Waals surface area contributed by atoms with Crippen molar-refractivity contribution in [3.8, 4) is 0 Å². The van der Waals surface area contributed by atoms with E-state index in [1.807, 2.05) is 11.3 Å². The van der Waals surface area contributed by atoms with E-state index in [2.05, 4.69) is 49.5 Å². The molecule has 100 valence electrons. The van der Waals surface area contributed by atoms with Crippen molar-refractivity contribution in [1.82, 2.24) is 5.32 Å². The average molecular weight is 271 g/mol. The van der Waals surface area contributed by atoms with Gasteiger partial charge in [0, 0.05) is 22.3 Å². The molecule has 0 spiro atoms. The molecule has 0 saturated carbocycles. The number of fused-ring (bicyclic) bond motifs is 1. The molecule has 1 N–H and O–H groups in total. The van der Waals surface area contributed by atoms with Gasteiger partial charge in [-0.05, 0) is 55.9 Å². The minimum Gasteiger partial charge on any atom is -0.310 e. The Kier molecular flexibility index (Phi) is 3.72. The van der Waals surface area contributed by atoms with Gasteiger partial charge in [-0.1, -0.05) is 24.3 Å². The van der Waals surface area contributed by atoms with Crippen molar-refractivity contribution in [1.29, 1.82) is 0 Å². The smallest absolute Gasteiger partial charge is 0.0219 e. The van der Waals surface area contributed by atoms with Gasteiger partial charge in [0.15, 0.2) is 0 Å². The summed E-state index contributed by atoms with van der Waals surface area (Å²) in [4.78, 5) is 2.88. The molecule has 1 heterocycles. The zero-order valence-corrected chi connectivity index (χ0v) is 12.5. The predicted octanol–water partition coefficient (Wildman–Crippen LogP) is 4.01. The van der Waals surface area contributed by atoms with E-state index >= 15 is 0 Å². The third-order valence-electron chi connectivity index (χ3n) is 4.07. The predicted molar refractivity (Wildman–Crippen MR) is 82.9 cm³/mol. The summed E-state index contributed by atoms with van der Waals surface area (Å²) in [5.74, 6) is 0. The average Bonchev–Trinajstić information content (AvgIpc) is 2.74. The van der Waals surface area contributed by atoms with Gasteiger partial charge in [-0.3, -0.25) is 0 Å². The second-order valence-electron chi connectivity index (χ2n) is 5.53. The molecule has 2 heteroatoms. The summed E-state index contributed by atoms with van der Waals surface area (Å²) < 4.78 is 0. The standard InChI is InChI=1S/C17H21NS/c1-12-9-16(13(2)19-12)11-18-17-8-7-14-5-3-4-6-15(14)10-17/h3-6,9,17-18H,7-8,10-11H2,1-2H3. The largest absolute Gasteiger partial charge is 0.310 e. The molecule has 1 aliphatic carbocycles. The zero-order chi connectivity index (χ0) is 13.2. The molecule has 0 aliphatic heterocycles. The van der Waals surface area contributed by atoms with E-state index in [0.29, 0.717) is 6.04 Å². The summed E-state index contributed by atoms with van der Waals surface area (Å²) in [5.41, 5.74) is 4.55. The van der Waals surface area contributed by atoms with Crippen molar-refractivity contribution in [2.24, 2.45) is 0 Å². The summed E-state index contributed by atoms with van der Waals surface area (Å²) in [5, 5.41) is 3.74. The third kappa shape index (κ3) is 2.90. The second-order valence-corrected chi connectivity index (χ2v) is 6.99. The van der Waals surface area contributed by atoms with Gasteiger partial charge in [-0.15, -0.1) is 11.3 Å². The first-order valence-electron chi connectivity index (χ1n) is 7.08. The molecule has 3 rings (SSSR count). The molecule has 0 radical (unpaired) electrons. The van der Waals surface area contributed by atoms with Gasteiger partial charge in [-0.2, -0.15) is 0 Å². The minimum atomic E-state index is 0.634. The number of rotatable bonds is 3. The topological polar surface area (TPSA) is 12.0 Å². The Hall–Kier alpha value is -1.12. The lowest BCUT2D eigenvalue weighted by molar-refractivity contribution is 0.457. The van der Waals surface area contributed by atoms with Crippen LogP contribution < -0.4 is 5.32 Å². The SMILES string of the molecule is Cc1cc(CNC2CCc3ccccc3C2)c(C)s1. The summed E-state index contributed by atoms with van der Waals surface area (Å²) >= 11 is 1.90. The van der Waals surface area contributed by atoms with Crippen LogP contribution >= 0.6 is 11.3 Å². The lowest BCUT2D eigenvalue weighted by Crippen LogP contribution is -2.34. The van der Waals surface area contributed by atoms with E-state index in [0.717, 1.165) is 6.54 Å². The van der Waals surface area contributed by atoms with E-state index in [1.165, 1.54) is 40.1 Å². The molecule has 1 atom stereocenters. The van der Waals surface area contributed by atoms with E-state index in [1.54, 1.807) is 5.56 Å². The van der Waals surface area contributed by atoms with Crippen LogP contribution in [0.3, 0.4) is 0 Å². The first kappa shape index (κ1) is 12.9. The molecular weight excluding hydrogens is 250 g/mol. The molecule has 1 unspecified atom stereocenters. The van der Waals surface area contributed by atoms with Crippen molar-refractivity contribution in [2.45, 2.75) is 45.7 Å². The summed E-state index contributed by atoms with van der Waals surface area (Å²) in [6.45, 7) is 5.44. The summed E-state index contributed by atoms with van der Waals surface area (Å²) in [6.07, 6.45) is 3.66. The third-order valence-corrected chi connectivity index (χ3v) is 5.08. The summed E-state index contributed by atoms with van der Waals surface area (Å²) in [6, 6.07) is 11.8. The van der Waals surface area contributed by atoms with Crippen LogP contribution in [0.25, 0.3) is 0 Å². The molecule has 1 aromatic carbocycles. The molecule has 1 nitrogen and oxygen atoms in total. The van der Waals surface area contributed by atoms with Gasteiger partial charge >= 0.3 is 0 Å². The van der Waals surface area contributed by atoms with Crippen LogP contribution in [0, 0.1) is 13.8 Å². The number of hydrogen-bond donors (Lipinski definition) is 1.